The van der Waals surface area contributed by atoms with Gasteiger partial charge in [0.25, 0.3) is 5.56 Å². The summed E-state index contributed by atoms with van der Waals surface area (Å²) in [6, 6.07) is 10.5. The SMILES string of the molecule is COc1ccc(Cn2c(=O)[nH]c3ncccc3c2=O)cc1. The maximum atomic E-state index is 12.4. The van der Waals surface area contributed by atoms with Gasteiger partial charge in [-0.3, -0.25) is 14.3 Å². The Balaban J connectivity index is 2.07. The summed E-state index contributed by atoms with van der Waals surface area (Å²) in [7, 11) is 1.58. The molecule has 0 aliphatic rings. The highest BCUT2D eigenvalue weighted by Crippen LogP contribution is 2.11. The number of rotatable bonds is 3. The van der Waals surface area contributed by atoms with Gasteiger partial charge in [-0.1, -0.05) is 12.1 Å². The molecule has 3 rings (SSSR count). The van der Waals surface area contributed by atoms with Gasteiger partial charge in [0.05, 0.1) is 19.0 Å². The highest BCUT2D eigenvalue weighted by Gasteiger charge is 2.08. The van der Waals surface area contributed by atoms with Gasteiger partial charge < -0.3 is 4.74 Å². The number of benzene rings is 1. The fourth-order valence-corrected chi connectivity index (χ4v) is 2.14. The number of pyridine rings is 1. The monoisotopic (exact) mass is 283 g/mol. The van der Waals surface area contributed by atoms with E-state index in [1.807, 2.05) is 12.1 Å². The van der Waals surface area contributed by atoms with Crippen LogP contribution in [0.4, 0.5) is 0 Å². The Morgan fingerprint density at radius 1 is 1.19 bits per heavy atom. The summed E-state index contributed by atoms with van der Waals surface area (Å²) >= 11 is 0. The van der Waals surface area contributed by atoms with Crippen LogP contribution >= 0.6 is 0 Å². The van der Waals surface area contributed by atoms with Gasteiger partial charge in [-0.15, -0.1) is 0 Å². The third-order valence-corrected chi connectivity index (χ3v) is 3.25. The van der Waals surface area contributed by atoms with Crippen LogP contribution in [0.1, 0.15) is 5.56 Å². The molecule has 0 aliphatic heterocycles. The number of fused-ring (bicyclic) bond motifs is 1. The topological polar surface area (TPSA) is 77.0 Å². The number of hydrogen-bond donors (Lipinski definition) is 1. The van der Waals surface area contributed by atoms with Crippen LogP contribution in [0.15, 0.2) is 52.2 Å². The number of aromatic amines is 1. The van der Waals surface area contributed by atoms with Crippen molar-refractivity contribution in [2.24, 2.45) is 0 Å². The zero-order valence-corrected chi connectivity index (χ0v) is 11.4. The summed E-state index contributed by atoms with van der Waals surface area (Å²) in [5.74, 6) is 0.725. The number of methoxy groups -OCH3 is 1. The van der Waals surface area contributed by atoms with Crippen LogP contribution in [0.5, 0.6) is 5.75 Å². The highest BCUT2D eigenvalue weighted by atomic mass is 16.5. The first kappa shape index (κ1) is 13.1. The normalized spacial score (nSPS) is 10.7. The molecule has 21 heavy (non-hydrogen) atoms. The Labute approximate surface area is 119 Å². The van der Waals surface area contributed by atoms with E-state index in [0.29, 0.717) is 11.0 Å². The molecule has 1 aromatic carbocycles. The second kappa shape index (κ2) is 5.24. The first-order valence-corrected chi connectivity index (χ1v) is 6.40. The van der Waals surface area contributed by atoms with Gasteiger partial charge in [-0.25, -0.2) is 9.78 Å². The molecule has 6 heteroatoms. The van der Waals surface area contributed by atoms with E-state index in [4.69, 9.17) is 4.74 Å². The summed E-state index contributed by atoms with van der Waals surface area (Å²) in [6.07, 6.45) is 1.53. The minimum absolute atomic E-state index is 0.197. The lowest BCUT2D eigenvalue weighted by molar-refractivity contribution is 0.414. The maximum absolute atomic E-state index is 12.4. The van der Waals surface area contributed by atoms with E-state index in [0.717, 1.165) is 15.9 Å². The molecule has 2 aromatic heterocycles. The Kier molecular flexibility index (Phi) is 3.27. The summed E-state index contributed by atoms with van der Waals surface area (Å²) in [4.78, 5) is 31.0. The van der Waals surface area contributed by atoms with Crippen molar-refractivity contribution in [3.05, 3.63) is 69.0 Å². The van der Waals surface area contributed by atoms with Gasteiger partial charge >= 0.3 is 5.69 Å². The van der Waals surface area contributed by atoms with Gasteiger partial charge in [0, 0.05) is 6.20 Å². The van der Waals surface area contributed by atoms with E-state index in [1.54, 1.807) is 31.4 Å². The fraction of sp³-hybridized carbons (Fsp3) is 0.133. The van der Waals surface area contributed by atoms with Crippen LogP contribution in [0.2, 0.25) is 0 Å². The average Bonchev–Trinajstić information content (AvgIpc) is 2.52. The third kappa shape index (κ3) is 2.43. The highest BCUT2D eigenvalue weighted by molar-refractivity contribution is 5.72. The second-order valence-corrected chi connectivity index (χ2v) is 4.57. The Hall–Kier alpha value is -2.89. The maximum Gasteiger partial charge on any atom is 0.330 e. The van der Waals surface area contributed by atoms with Crippen molar-refractivity contribution >= 4 is 11.0 Å². The first-order chi connectivity index (χ1) is 10.2. The molecule has 3 aromatic rings. The summed E-state index contributed by atoms with van der Waals surface area (Å²) < 4.78 is 6.24. The Bertz CT molecular complexity index is 894. The summed E-state index contributed by atoms with van der Waals surface area (Å²) in [5.41, 5.74) is 0.324. The molecule has 0 fully saturated rings. The number of H-pyrrole nitrogens is 1. The zero-order chi connectivity index (χ0) is 14.8. The van der Waals surface area contributed by atoms with Crippen LogP contribution in [-0.4, -0.2) is 21.6 Å². The zero-order valence-electron chi connectivity index (χ0n) is 11.4. The molecule has 0 saturated carbocycles. The lowest BCUT2D eigenvalue weighted by atomic mass is 10.2. The van der Waals surface area contributed by atoms with Crippen molar-refractivity contribution < 1.29 is 4.74 Å². The lowest BCUT2D eigenvalue weighted by Crippen LogP contribution is -2.35. The number of ether oxygens (including phenoxy) is 1. The summed E-state index contributed by atoms with van der Waals surface area (Å²) in [6.45, 7) is 0.197. The quantitative estimate of drug-likeness (QED) is 0.782. The van der Waals surface area contributed by atoms with Crippen molar-refractivity contribution in [3.8, 4) is 5.75 Å². The van der Waals surface area contributed by atoms with Crippen molar-refractivity contribution in [3.63, 3.8) is 0 Å². The van der Waals surface area contributed by atoms with Crippen molar-refractivity contribution in [1.29, 1.82) is 0 Å². The van der Waals surface area contributed by atoms with E-state index in [2.05, 4.69) is 9.97 Å². The third-order valence-electron chi connectivity index (χ3n) is 3.25. The second-order valence-electron chi connectivity index (χ2n) is 4.57. The van der Waals surface area contributed by atoms with Crippen LogP contribution in [0.3, 0.4) is 0 Å². The molecular formula is C15H13N3O3. The van der Waals surface area contributed by atoms with Crippen molar-refractivity contribution in [2.75, 3.05) is 7.11 Å². The molecule has 2 heterocycles. The molecule has 0 spiro atoms. The molecule has 1 N–H and O–H groups in total. The van der Waals surface area contributed by atoms with Crippen LogP contribution in [0, 0.1) is 0 Å². The van der Waals surface area contributed by atoms with Crippen LogP contribution in [-0.2, 0) is 6.54 Å². The molecular weight excluding hydrogens is 270 g/mol. The van der Waals surface area contributed by atoms with E-state index < -0.39 is 5.69 Å². The predicted octanol–water partition coefficient (Wildman–Crippen LogP) is 1.14. The van der Waals surface area contributed by atoms with Gasteiger partial charge in [0.2, 0.25) is 0 Å². The molecule has 0 aliphatic carbocycles. The molecule has 0 unspecified atom stereocenters. The van der Waals surface area contributed by atoms with E-state index in [-0.39, 0.29) is 12.1 Å². The molecule has 0 saturated heterocycles. The predicted molar refractivity (Wildman–Crippen MR) is 78.7 cm³/mol. The van der Waals surface area contributed by atoms with Crippen molar-refractivity contribution in [2.45, 2.75) is 6.54 Å². The molecule has 0 amide bonds. The number of nitrogens with one attached hydrogen (secondary N) is 1. The largest absolute Gasteiger partial charge is 0.497 e. The minimum atomic E-state index is -0.470. The van der Waals surface area contributed by atoms with E-state index in [9.17, 15) is 9.59 Å². The number of nitrogens with zero attached hydrogens (tertiary/aromatic N) is 2. The number of hydrogen-bond acceptors (Lipinski definition) is 4. The lowest BCUT2D eigenvalue weighted by Gasteiger charge is -2.07. The van der Waals surface area contributed by atoms with Crippen LogP contribution in [0.25, 0.3) is 11.0 Å². The van der Waals surface area contributed by atoms with E-state index in [1.165, 1.54) is 6.20 Å². The van der Waals surface area contributed by atoms with E-state index >= 15 is 0 Å². The Morgan fingerprint density at radius 2 is 1.95 bits per heavy atom. The van der Waals surface area contributed by atoms with Gasteiger partial charge in [-0.05, 0) is 29.8 Å². The minimum Gasteiger partial charge on any atom is -0.497 e. The fourth-order valence-electron chi connectivity index (χ4n) is 2.14. The van der Waals surface area contributed by atoms with Crippen molar-refractivity contribution in [1.82, 2.24) is 14.5 Å². The van der Waals surface area contributed by atoms with Gasteiger partial charge in [-0.2, -0.15) is 0 Å². The smallest absolute Gasteiger partial charge is 0.330 e. The average molecular weight is 283 g/mol. The van der Waals surface area contributed by atoms with Gasteiger partial charge in [0.1, 0.15) is 11.4 Å². The standard InChI is InChI=1S/C15H13N3O3/c1-21-11-6-4-10(5-7-11)9-18-14(19)12-3-2-8-16-13(12)17-15(18)20/h2-8H,9H2,1H3,(H,16,17,20). The van der Waals surface area contributed by atoms with Crippen LogP contribution < -0.4 is 16.0 Å². The molecule has 6 nitrogen and oxygen atoms in total. The molecule has 0 atom stereocenters. The van der Waals surface area contributed by atoms with Gasteiger partial charge in [0.15, 0.2) is 0 Å². The molecule has 0 radical (unpaired) electrons. The Morgan fingerprint density at radius 3 is 2.67 bits per heavy atom. The summed E-state index contributed by atoms with van der Waals surface area (Å²) in [5, 5.41) is 0.394. The number of aromatic nitrogens is 3. The molecule has 106 valence electrons. The molecule has 0 bridgehead atoms. The first-order valence-electron chi connectivity index (χ1n) is 6.40.